The molecule has 5 nitrogen and oxygen atoms in total. The van der Waals surface area contributed by atoms with E-state index in [-0.39, 0.29) is 11.8 Å². The van der Waals surface area contributed by atoms with Crippen LogP contribution < -0.4 is 4.74 Å². The summed E-state index contributed by atoms with van der Waals surface area (Å²) in [7, 11) is 0. The molecule has 0 unspecified atom stereocenters. The number of carbonyl (C=O) groups is 1. The van der Waals surface area contributed by atoms with Gasteiger partial charge in [-0.2, -0.15) is 0 Å². The predicted octanol–water partition coefficient (Wildman–Crippen LogP) is 1.50. The van der Waals surface area contributed by atoms with E-state index >= 15 is 0 Å². The molecule has 1 aliphatic rings. The van der Waals surface area contributed by atoms with E-state index in [4.69, 9.17) is 9.84 Å². The summed E-state index contributed by atoms with van der Waals surface area (Å²) in [6, 6.07) is 0. The standard InChI is InChI=1S/C10H12N2O3/c13-10(14)8-5-12-9(6-11-8)15-7-3-1-2-4-7/h5-7H,1-4H2,(H,13,14). The van der Waals surface area contributed by atoms with Crippen molar-refractivity contribution >= 4 is 5.97 Å². The molecule has 1 N–H and O–H groups in total. The summed E-state index contributed by atoms with van der Waals surface area (Å²) in [4.78, 5) is 18.1. The van der Waals surface area contributed by atoms with E-state index in [9.17, 15) is 4.79 Å². The van der Waals surface area contributed by atoms with Crippen LogP contribution in [0.5, 0.6) is 5.88 Å². The number of nitrogens with zero attached hydrogens (tertiary/aromatic N) is 2. The number of aromatic nitrogens is 2. The lowest BCUT2D eigenvalue weighted by Gasteiger charge is -2.10. The molecule has 1 fully saturated rings. The van der Waals surface area contributed by atoms with Crippen molar-refractivity contribution in [2.24, 2.45) is 0 Å². The van der Waals surface area contributed by atoms with Crippen molar-refractivity contribution in [1.82, 2.24) is 9.97 Å². The van der Waals surface area contributed by atoms with Gasteiger partial charge < -0.3 is 9.84 Å². The fraction of sp³-hybridized carbons (Fsp3) is 0.500. The van der Waals surface area contributed by atoms with Crippen LogP contribution in [-0.2, 0) is 0 Å². The molecule has 15 heavy (non-hydrogen) atoms. The van der Waals surface area contributed by atoms with Crippen LogP contribution in [0.2, 0.25) is 0 Å². The van der Waals surface area contributed by atoms with Crippen molar-refractivity contribution in [3.63, 3.8) is 0 Å². The molecule has 0 aliphatic heterocycles. The first-order valence-corrected chi connectivity index (χ1v) is 4.98. The van der Waals surface area contributed by atoms with Crippen molar-refractivity contribution in [1.29, 1.82) is 0 Å². The molecule has 0 spiro atoms. The Hall–Kier alpha value is -1.65. The largest absolute Gasteiger partial charge is 0.476 e. The van der Waals surface area contributed by atoms with Gasteiger partial charge in [0.05, 0.1) is 12.4 Å². The Morgan fingerprint density at radius 1 is 1.33 bits per heavy atom. The summed E-state index contributed by atoms with van der Waals surface area (Å²) in [6.07, 6.45) is 7.25. The number of hydrogen-bond donors (Lipinski definition) is 1. The Kier molecular flexibility index (Phi) is 2.80. The van der Waals surface area contributed by atoms with Crippen LogP contribution in [0.4, 0.5) is 0 Å². The van der Waals surface area contributed by atoms with Crippen molar-refractivity contribution < 1.29 is 14.6 Å². The van der Waals surface area contributed by atoms with Gasteiger partial charge in [0.1, 0.15) is 6.10 Å². The van der Waals surface area contributed by atoms with E-state index in [1.54, 1.807) is 0 Å². The number of ether oxygens (including phenoxy) is 1. The summed E-state index contributed by atoms with van der Waals surface area (Å²) < 4.78 is 5.54. The molecule has 0 radical (unpaired) electrons. The monoisotopic (exact) mass is 208 g/mol. The van der Waals surface area contributed by atoms with Crippen LogP contribution in [0.25, 0.3) is 0 Å². The van der Waals surface area contributed by atoms with E-state index in [2.05, 4.69) is 9.97 Å². The minimum atomic E-state index is -1.07. The maximum absolute atomic E-state index is 10.5. The van der Waals surface area contributed by atoms with Crippen molar-refractivity contribution in [3.8, 4) is 5.88 Å². The molecule has 0 atom stereocenters. The highest BCUT2D eigenvalue weighted by molar-refractivity contribution is 5.84. The second-order valence-electron chi connectivity index (χ2n) is 3.57. The fourth-order valence-corrected chi connectivity index (χ4v) is 1.66. The molecule has 0 saturated heterocycles. The normalized spacial score (nSPS) is 16.5. The fourth-order valence-electron chi connectivity index (χ4n) is 1.66. The topological polar surface area (TPSA) is 72.3 Å². The molecule has 1 aromatic heterocycles. The zero-order valence-corrected chi connectivity index (χ0v) is 8.22. The van der Waals surface area contributed by atoms with E-state index in [0.717, 1.165) is 12.8 Å². The third-order valence-electron chi connectivity index (χ3n) is 2.44. The molecule has 5 heteroatoms. The zero-order chi connectivity index (χ0) is 10.7. The van der Waals surface area contributed by atoms with Crippen LogP contribution in [0.15, 0.2) is 12.4 Å². The number of rotatable bonds is 3. The third-order valence-corrected chi connectivity index (χ3v) is 2.44. The number of hydrogen-bond acceptors (Lipinski definition) is 4. The number of aromatic carboxylic acids is 1. The lowest BCUT2D eigenvalue weighted by molar-refractivity contribution is 0.0689. The van der Waals surface area contributed by atoms with Crippen LogP contribution in [0.1, 0.15) is 36.2 Å². The highest BCUT2D eigenvalue weighted by Gasteiger charge is 2.17. The molecular formula is C10H12N2O3. The molecule has 1 aromatic rings. The summed E-state index contributed by atoms with van der Waals surface area (Å²) in [5, 5.41) is 8.62. The highest BCUT2D eigenvalue weighted by Crippen LogP contribution is 2.22. The lowest BCUT2D eigenvalue weighted by atomic mass is 10.3. The van der Waals surface area contributed by atoms with Crippen molar-refractivity contribution in [2.75, 3.05) is 0 Å². The number of carboxylic acid groups (broad SMARTS) is 1. The van der Waals surface area contributed by atoms with Crippen LogP contribution in [0, 0.1) is 0 Å². The SMILES string of the molecule is O=C(O)c1cnc(OC2CCCC2)cn1. The first-order valence-electron chi connectivity index (χ1n) is 4.98. The van der Waals surface area contributed by atoms with E-state index in [1.807, 2.05) is 0 Å². The van der Waals surface area contributed by atoms with E-state index in [1.165, 1.54) is 25.2 Å². The summed E-state index contributed by atoms with van der Waals surface area (Å²) in [5.74, 6) is -0.665. The smallest absolute Gasteiger partial charge is 0.356 e. The van der Waals surface area contributed by atoms with Gasteiger partial charge in [0.25, 0.3) is 0 Å². The van der Waals surface area contributed by atoms with Gasteiger partial charge in [-0.15, -0.1) is 0 Å². The molecular weight excluding hydrogens is 196 g/mol. The van der Waals surface area contributed by atoms with Gasteiger partial charge in [-0.3, -0.25) is 0 Å². The molecule has 80 valence electrons. The molecule has 0 amide bonds. The lowest BCUT2D eigenvalue weighted by Crippen LogP contribution is -2.12. The van der Waals surface area contributed by atoms with E-state index < -0.39 is 5.97 Å². The summed E-state index contributed by atoms with van der Waals surface area (Å²) >= 11 is 0. The van der Waals surface area contributed by atoms with Crippen LogP contribution in [0.3, 0.4) is 0 Å². The third kappa shape index (κ3) is 2.43. The molecule has 0 aromatic carbocycles. The zero-order valence-electron chi connectivity index (χ0n) is 8.22. The van der Waals surface area contributed by atoms with Gasteiger partial charge >= 0.3 is 5.97 Å². The van der Waals surface area contributed by atoms with Gasteiger partial charge in [0, 0.05) is 0 Å². The van der Waals surface area contributed by atoms with Gasteiger partial charge in [-0.25, -0.2) is 14.8 Å². The summed E-state index contributed by atoms with van der Waals surface area (Å²) in [5.41, 5.74) is -0.0613. The predicted molar refractivity (Wildman–Crippen MR) is 51.9 cm³/mol. The average Bonchev–Trinajstić information content (AvgIpc) is 2.71. The molecule has 1 aliphatic carbocycles. The van der Waals surface area contributed by atoms with Crippen molar-refractivity contribution in [3.05, 3.63) is 18.1 Å². The maximum Gasteiger partial charge on any atom is 0.356 e. The maximum atomic E-state index is 10.5. The molecule has 1 heterocycles. The minimum Gasteiger partial charge on any atom is -0.476 e. The Bertz CT molecular complexity index is 344. The van der Waals surface area contributed by atoms with Crippen LogP contribution in [-0.4, -0.2) is 27.1 Å². The highest BCUT2D eigenvalue weighted by atomic mass is 16.5. The van der Waals surface area contributed by atoms with Crippen molar-refractivity contribution in [2.45, 2.75) is 31.8 Å². The number of carboxylic acids is 1. The minimum absolute atomic E-state index is 0.0613. The van der Waals surface area contributed by atoms with E-state index in [0.29, 0.717) is 5.88 Å². The second-order valence-corrected chi connectivity index (χ2v) is 3.57. The Balaban J connectivity index is 2.00. The van der Waals surface area contributed by atoms with Gasteiger partial charge in [0.2, 0.25) is 5.88 Å². The average molecular weight is 208 g/mol. The molecule has 1 saturated carbocycles. The molecule has 2 rings (SSSR count). The van der Waals surface area contributed by atoms with Gasteiger partial charge in [-0.1, -0.05) is 0 Å². The Morgan fingerprint density at radius 3 is 2.60 bits per heavy atom. The Labute approximate surface area is 87.1 Å². The molecule has 0 bridgehead atoms. The van der Waals surface area contributed by atoms with Crippen LogP contribution >= 0.6 is 0 Å². The quantitative estimate of drug-likeness (QED) is 0.814. The second kappa shape index (κ2) is 4.25. The van der Waals surface area contributed by atoms with Gasteiger partial charge in [-0.05, 0) is 25.7 Å². The van der Waals surface area contributed by atoms with Gasteiger partial charge in [0.15, 0.2) is 5.69 Å². The first kappa shape index (κ1) is 9.89. The Morgan fingerprint density at radius 2 is 2.07 bits per heavy atom. The summed E-state index contributed by atoms with van der Waals surface area (Å²) in [6.45, 7) is 0. The first-order chi connectivity index (χ1) is 7.25.